The van der Waals surface area contributed by atoms with Crippen molar-refractivity contribution in [1.82, 2.24) is 19.3 Å². The lowest BCUT2D eigenvalue weighted by molar-refractivity contribution is 0.491. The van der Waals surface area contributed by atoms with Gasteiger partial charge in [-0.1, -0.05) is 37.3 Å². The molecule has 0 aliphatic heterocycles. The molecule has 9 heteroatoms. The number of nitrogens with zero attached hydrogens (tertiary/aromatic N) is 2. The predicted octanol–water partition coefficient (Wildman–Crippen LogP) is 4.61. The molecule has 35 heavy (non-hydrogen) atoms. The highest BCUT2D eigenvalue weighted by atomic mass is 32.2. The van der Waals surface area contributed by atoms with E-state index in [-0.39, 0.29) is 17.0 Å². The molecule has 2 aromatic heterocycles. The normalized spacial score (nSPS) is 12.4. The number of hydrogen-bond acceptors (Lipinski definition) is 4. The van der Waals surface area contributed by atoms with Crippen LogP contribution in [0.3, 0.4) is 0 Å². The number of aromatic amines is 1. The molecule has 0 fully saturated rings. The largest absolute Gasteiger partial charge is 0.327 e. The van der Waals surface area contributed by atoms with Gasteiger partial charge in [-0.05, 0) is 51.0 Å². The van der Waals surface area contributed by atoms with Gasteiger partial charge in [0.25, 0.3) is 5.56 Å². The Hall–Kier alpha value is -3.30. The van der Waals surface area contributed by atoms with E-state index in [4.69, 9.17) is 0 Å². The summed E-state index contributed by atoms with van der Waals surface area (Å²) in [6.45, 7) is 7.44. The summed E-state index contributed by atoms with van der Waals surface area (Å²) in [6, 6.07) is 12.9. The van der Waals surface area contributed by atoms with Crippen LogP contribution in [0.2, 0.25) is 0 Å². The van der Waals surface area contributed by atoms with Gasteiger partial charge in [0, 0.05) is 29.3 Å². The van der Waals surface area contributed by atoms with Gasteiger partial charge < -0.3 is 9.55 Å². The molecule has 0 unspecified atom stereocenters. The summed E-state index contributed by atoms with van der Waals surface area (Å²) in [5.41, 5.74) is 1.27. The van der Waals surface area contributed by atoms with Gasteiger partial charge in [0.05, 0.1) is 17.0 Å². The van der Waals surface area contributed by atoms with Gasteiger partial charge in [0.2, 0.25) is 10.0 Å². The number of hydrogen-bond donors (Lipinski definition) is 2. The van der Waals surface area contributed by atoms with Crippen LogP contribution < -0.4 is 10.3 Å². The second kappa shape index (κ2) is 9.39. The highest BCUT2D eigenvalue weighted by Crippen LogP contribution is 2.30. The molecule has 0 aliphatic rings. The number of aromatic nitrogens is 3. The zero-order chi connectivity index (χ0) is 25.4. The summed E-state index contributed by atoms with van der Waals surface area (Å²) < 4.78 is 45.8. The third-order valence-corrected chi connectivity index (χ3v) is 7.34. The second-order valence-electron chi connectivity index (χ2n) is 9.56. The van der Waals surface area contributed by atoms with Crippen LogP contribution in [0.4, 0.5) is 4.39 Å². The molecule has 0 aliphatic carbocycles. The Morgan fingerprint density at radius 2 is 1.86 bits per heavy atom. The van der Waals surface area contributed by atoms with Crippen LogP contribution in [0.5, 0.6) is 0 Å². The Morgan fingerprint density at radius 1 is 1.11 bits per heavy atom. The van der Waals surface area contributed by atoms with Crippen molar-refractivity contribution in [2.75, 3.05) is 0 Å². The average molecular weight is 497 g/mol. The lowest BCUT2D eigenvalue weighted by Crippen LogP contribution is -2.40. The smallest absolute Gasteiger partial charge is 0.274 e. The van der Waals surface area contributed by atoms with Gasteiger partial charge in [-0.3, -0.25) is 4.79 Å². The first kappa shape index (κ1) is 24.8. The topological polar surface area (TPSA) is 96.8 Å². The first-order chi connectivity index (χ1) is 16.5. The Balaban J connectivity index is 1.75. The molecule has 2 N–H and O–H groups in total. The number of fused-ring (bicyclic) bond motifs is 1. The third-order valence-electron chi connectivity index (χ3n) is 5.53. The number of imidazole rings is 1. The van der Waals surface area contributed by atoms with E-state index >= 15 is 4.39 Å². The van der Waals surface area contributed by atoms with E-state index in [1.165, 1.54) is 12.1 Å². The van der Waals surface area contributed by atoms with Gasteiger partial charge in [-0.2, -0.15) is 0 Å². The van der Waals surface area contributed by atoms with Gasteiger partial charge >= 0.3 is 0 Å². The minimum absolute atomic E-state index is 0.0828. The Kier molecular flexibility index (Phi) is 6.66. The van der Waals surface area contributed by atoms with Gasteiger partial charge in [0.1, 0.15) is 17.2 Å². The van der Waals surface area contributed by atoms with Crippen molar-refractivity contribution in [2.45, 2.75) is 57.5 Å². The first-order valence-corrected chi connectivity index (χ1v) is 13.0. The molecular formula is C26H29FN4O3S. The number of sulfonamides is 1. The molecule has 7 nitrogen and oxygen atoms in total. The zero-order valence-electron chi connectivity index (χ0n) is 20.2. The van der Waals surface area contributed by atoms with Crippen molar-refractivity contribution in [3.8, 4) is 11.1 Å². The number of benzene rings is 2. The summed E-state index contributed by atoms with van der Waals surface area (Å²) in [5.74, 6) is 0.225. The summed E-state index contributed by atoms with van der Waals surface area (Å²) in [7, 11) is -3.82. The fourth-order valence-electron chi connectivity index (χ4n) is 4.14. The quantitative estimate of drug-likeness (QED) is 0.391. The summed E-state index contributed by atoms with van der Waals surface area (Å²) in [6.07, 6.45) is 3.03. The highest BCUT2D eigenvalue weighted by Gasteiger charge is 2.25. The van der Waals surface area contributed by atoms with Crippen LogP contribution in [0.1, 0.15) is 45.5 Å². The lowest BCUT2D eigenvalue weighted by atomic mass is 10.0. The average Bonchev–Trinajstić information content (AvgIpc) is 3.12. The molecule has 4 rings (SSSR count). The van der Waals surface area contributed by atoms with E-state index in [9.17, 15) is 13.2 Å². The Bertz CT molecular complexity index is 1550. The molecule has 0 spiro atoms. The van der Waals surface area contributed by atoms with Crippen molar-refractivity contribution in [3.05, 3.63) is 82.3 Å². The molecular weight excluding hydrogens is 467 g/mol. The van der Waals surface area contributed by atoms with E-state index < -0.39 is 21.4 Å². The molecule has 0 saturated heterocycles. The van der Waals surface area contributed by atoms with Crippen LogP contribution in [-0.4, -0.2) is 28.5 Å². The van der Waals surface area contributed by atoms with Crippen LogP contribution in [0.15, 0.2) is 64.4 Å². The Morgan fingerprint density at radius 3 is 2.54 bits per heavy atom. The molecule has 184 valence electrons. The zero-order valence-corrected chi connectivity index (χ0v) is 21.0. The van der Waals surface area contributed by atoms with Gasteiger partial charge in [-0.25, -0.2) is 22.5 Å². The van der Waals surface area contributed by atoms with Crippen molar-refractivity contribution in [3.63, 3.8) is 0 Å². The molecule has 0 saturated carbocycles. The minimum Gasteiger partial charge on any atom is -0.327 e. The fourth-order valence-corrected chi connectivity index (χ4v) is 5.78. The van der Waals surface area contributed by atoms with Crippen molar-refractivity contribution < 1.29 is 12.8 Å². The van der Waals surface area contributed by atoms with E-state index in [1.807, 2.05) is 6.92 Å². The first-order valence-electron chi connectivity index (χ1n) is 11.5. The van der Waals surface area contributed by atoms with Gasteiger partial charge in [0.15, 0.2) is 0 Å². The summed E-state index contributed by atoms with van der Waals surface area (Å²) in [5, 5.41) is 0. The maximum atomic E-state index is 15.4. The van der Waals surface area contributed by atoms with Crippen molar-refractivity contribution >= 4 is 21.1 Å². The second-order valence-corrected chi connectivity index (χ2v) is 11.2. The Labute approximate surface area is 204 Å². The molecule has 0 radical (unpaired) electrons. The SMILES string of the molecule is CCCc1nc2cc[nH]c(=O)c2n1Cc1ccc(-c2ccccc2S(=O)(=O)NC(C)(C)C)cc1F. The van der Waals surface area contributed by atoms with Crippen LogP contribution in [-0.2, 0) is 23.0 Å². The maximum absolute atomic E-state index is 15.4. The fraction of sp³-hybridized carbons (Fsp3) is 0.308. The molecule has 0 amide bonds. The lowest BCUT2D eigenvalue weighted by Gasteiger charge is -2.21. The standard InChI is InChI=1S/C26H29FN4O3S/c1-5-8-23-29-21-13-14-28-25(32)24(21)31(23)16-18-12-11-17(15-20(18)27)19-9-6-7-10-22(19)35(33,34)30-26(2,3)4/h6-7,9-15,30H,5,8,16H2,1-4H3,(H,28,32). The van der Waals surface area contributed by atoms with Crippen LogP contribution in [0.25, 0.3) is 22.2 Å². The minimum atomic E-state index is -3.82. The third kappa shape index (κ3) is 5.21. The van der Waals surface area contributed by atoms with E-state index in [1.54, 1.807) is 67.9 Å². The van der Waals surface area contributed by atoms with Crippen LogP contribution in [0, 0.1) is 5.82 Å². The molecule has 0 atom stereocenters. The number of pyridine rings is 1. The number of aryl methyl sites for hydroxylation is 1. The van der Waals surface area contributed by atoms with E-state index in [0.717, 1.165) is 6.42 Å². The molecule has 2 aromatic carbocycles. The number of H-pyrrole nitrogens is 1. The van der Waals surface area contributed by atoms with E-state index in [2.05, 4.69) is 14.7 Å². The molecule has 4 aromatic rings. The monoisotopic (exact) mass is 496 g/mol. The highest BCUT2D eigenvalue weighted by molar-refractivity contribution is 7.89. The number of rotatable bonds is 7. The number of nitrogens with one attached hydrogen (secondary N) is 2. The summed E-state index contributed by atoms with van der Waals surface area (Å²) >= 11 is 0. The predicted molar refractivity (Wildman–Crippen MR) is 135 cm³/mol. The van der Waals surface area contributed by atoms with Crippen molar-refractivity contribution in [1.29, 1.82) is 0 Å². The molecule has 0 bridgehead atoms. The van der Waals surface area contributed by atoms with Crippen molar-refractivity contribution in [2.24, 2.45) is 0 Å². The van der Waals surface area contributed by atoms with Crippen LogP contribution >= 0.6 is 0 Å². The number of halogens is 1. The van der Waals surface area contributed by atoms with E-state index in [0.29, 0.717) is 40.0 Å². The molecule has 2 heterocycles. The maximum Gasteiger partial charge on any atom is 0.274 e. The van der Waals surface area contributed by atoms with Gasteiger partial charge in [-0.15, -0.1) is 0 Å². The summed E-state index contributed by atoms with van der Waals surface area (Å²) in [4.78, 5) is 19.8.